The number of rotatable bonds is 7. The van der Waals surface area contributed by atoms with E-state index in [9.17, 15) is 9.59 Å². The molecule has 0 atom stereocenters. The highest BCUT2D eigenvalue weighted by Gasteiger charge is 2.18. The number of nitrogens with zero attached hydrogens (tertiary/aromatic N) is 4. The first-order valence-electron chi connectivity index (χ1n) is 8.88. The van der Waals surface area contributed by atoms with Gasteiger partial charge in [-0.25, -0.2) is 4.79 Å². The lowest BCUT2D eigenvalue weighted by Gasteiger charge is -2.09. The van der Waals surface area contributed by atoms with Crippen LogP contribution in [0.4, 0.5) is 5.95 Å². The second-order valence-electron chi connectivity index (χ2n) is 6.66. The van der Waals surface area contributed by atoms with Crippen LogP contribution in [0.5, 0.6) is 0 Å². The van der Waals surface area contributed by atoms with Crippen LogP contribution >= 0.6 is 0 Å². The molecular weight excluding hydrogens is 346 g/mol. The van der Waals surface area contributed by atoms with Crippen molar-refractivity contribution in [3.63, 3.8) is 0 Å². The smallest absolute Gasteiger partial charge is 0.332 e. The van der Waals surface area contributed by atoms with Crippen LogP contribution < -0.4 is 16.6 Å². The number of hydrogen-bond donors (Lipinski definition) is 1. The summed E-state index contributed by atoms with van der Waals surface area (Å²) >= 11 is 0. The van der Waals surface area contributed by atoms with Gasteiger partial charge in [0, 0.05) is 34.4 Å². The number of ether oxygens (including phenoxy) is 1. The fraction of sp³-hybridized carbons (Fsp3) is 0.421. The molecule has 0 bridgehead atoms. The van der Waals surface area contributed by atoms with Gasteiger partial charge in [0.05, 0.1) is 6.54 Å². The third-order valence-electron chi connectivity index (χ3n) is 4.63. The Hall–Kier alpha value is -2.87. The number of imidazole rings is 1. The Morgan fingerprint density at radius 1 is 1.11 bits per heavy atom. The number of aryl methyl sites for hydroxylation is 3. The lowest BCUT2D eigenvalue weighted by molar-refractivity contribution is 0.197. The van der Waals surface area contributed by atoms with Crippen molar-refractivity contribution >= 4 is 17.1 Å². The van der Waals surface area contributed by atoms with Crippen LogP contribution in [0.25, 0.3) is 11.2 Å². The van der Waals surface area contributed by atoms with E-state index in [0.717, 1.165) is 17.5 Å². The van der Waals surface area contributed by atoms with Crippen molar-refractivity contribution < 1.29 is 4.74 Å². The Kier molecular flexibility index (Phi) is 5.46. The van der Waals surface area contributed by atoms with Gasteiger partial charge in [0.2, 0.25) is 5.95 Å². The zero-order valence-electron chi connectivity index (χ0n) is 16.2. The van der Waals surface area contributed by atoms with Crippen LogP contribution in [0.2, 0.25) is 0 Å². The first-order valence-corrected chi connectivity index (χ1v) is 8.88. The van der Waals surface area contributed by atoms with Crippen molar-refractivity contribution in [3.8, 4) is 0 Å². The average molecular weight is 371 g/mol. The molecule has 0 aliphatic heterocycles. The maximum atomic E-state index is 13.0. The molecule has 1 aromatic carbocycles. The molecule has 0 saturated heterocycles. The first-order chi connectivity index (χ1) is 12.9. The van der Waals surface area contributed by atoms with Gasteiger partial charge in [0.25, 0.3) is 5.56 Å². The number of aromatic nitrogens is 4. The SMILES string of the molecule is COCCCNc1nc2c(c(=O)n(Cc3ccc(C)cc3)c(=O)n2C)n1C. The summed E-state index contributed by atoms with van der Waals surface area (Å²) in [5.41, 5.74) is 2.09. The molecule has 3 aromatic rings. The Bertz CT molecular complexity index is 1060. The van der Waals surface area contributed by atoms with Crippen molar-refractivity contribution in [2.75, 3.05) is 25.6 Å². The molecule has 8 nitrogen and oxygen atoms in total. The van der Waals surface area contributed by atoms with Crippen LogP contribution in [0.1, 0.15) is 17.5 Å². The molecule has 0 aliphatic rings. The third-order valence-corrected chi connectivity index (χ3v) is 4.63. The van der Waals surface area contributed by atoms with Gasteiger partial charge in [-0.05, 0) is 18.9 Å². The maximum Gasteiger partial charge on any atom is 0.332 e. The maximum absolute atomic E-state index is 13.0. The number of benzene rings is 1. The summed E-state index contributed by atoms with van der Waals surface area (Å²) in [7, 11) is 5.06. The number of fused-ring (bicyclic) bond motifs is 1. The van der Waals surface area contributed by atoms with E-state index in [1.807, 2.05) is 31.2 Å². The highest BCUT2D eigenvalue weighted by molar-refractivity contribution is 5.74. The van der Waals surface area contributed by atoms with Gasteiger partial charge in [-0.1, -0.05) is 29.8 Å². The Labute approximate surface area is 157 Å². The normalized spacial score (nSPS) is 11.3. The standard InChI is InChI=1S/C19H25N5O3/c1-13-6-8-14(9-7-13)12-24-17(25)15-16(23(3)19(24)26)21-18(22(15)2)20-10-5-11-27-4/h6-9H,5,10-12H2,1-4H3,(H,20,21). The van der Waals surface area contributed by atoms with E-state index in [0.29, 0.717) is 30.3 Å². The molecule has 144 valence electrons. The zero-order valence-corrected chi connectivity index (χ0v) is 16.2. The minimum Gasteiger partial charge on any atom is -0.385 e. The van der Waals surface area contributed by atoms with E-state index in [1.165, 1.54) is 9.13 Å². The molecule has 0 spiro atoms. The van der Waals surface area contributed by atoms with Gasteiger partial charge in [0.15, 0.2) is 11.2 Å². The number of nitrogens with one attached hydrogen (secondary N) is 1. The van der Waals surface area contributed by atoms with E-state index < -0.39 is 0 Å². The molecule has 1 N–H and O–H groups in total. The van der Waals surface area contributed by atoms with Crippen molar-refractivity contribution in [2.24, 2.45) is 14.1 Å². The molecule has 8 heteroatoms. The average Bonchev–Trinajstić information content (AvgIpc) is 2.99. The summed E-state index contributed by atoms with van der Waals surface area (Å²) in [6, 6.07) is 7.79. The molecule has 2 heterocycles. The van der Waals surface area contributed by atoms with Gasteiger partial charge < -0.3 is 14.6 Å². The monoisotopic (exact) mass is 371 g/mol. The van der Waals surface area contributed by atoms with Crippen molar-refractivity contribution in [2.45, 2.75) is 19.9 Å². The first kappa shape index (κ1) is 18.9. The predicted octanol–water partition coefficient (Wildman–Crippen LogP) is 1.24. The van der Waals surface area contributed by atoms with Gasteiger partial charge in [-0.3, -0.25) is 13.9 Å². The molecule has 3 rings (SSSR count). The topological polar surface area (TPSA) is 83.1 Å². The lowest BCUT2D eigenvalue weighted by atomic mass is 10.1. The summed E-state index contributed by atoms with van der Waals surface area (Å²) in [6.07, 6.45) is 0.816. The van der Waals surface area contributed by atoms with Gasteiger partial charge in [0.1, 0.15) is 0 Å². The number of methoxy groups -OCH3 is 1. The fourth-order valence-electron chi connectivity index (χ4n) is 3.03. The third kappa shape index (κ3) is 3.66. The van der Waals surface area contributed by atoms with Crippen molar-refractivity contribution in [1.29, 1.82) is 0 Å². The molecule has 0 amide bonds. The Balaban J connectivity index is 2.03. The number of anilines is 1. The number of hydrogen-bond acceptors (Lipinski definition) is 5. The quantitative estimate of drug-likeness (QED) is 0.632. The highest BCUT2D eigenvalue weighted by atomic mass is 16.5. The fourth-order valence-corrected chi connectivity index (χ4v) is 3.03. The minimum absolute atomic E-state index is 0.226. The van der Waals surface area contributed by atoms with E-state index in [2.05, 4.69) is 10.3 Å². The van der Waals surface area contributed by atoms with E-state index in [1.54, 1.807) is 25.8 Å². The highest BCUT2D eigenvalue weighted by Crippen LogP contribution is 2.13. The molecule has 0 unspecified atom stereocenters. The predicted molar refractivity (Wildman–Crippen MR) is 105 cm³/mol. The van der Waals surface area contributed by atoms with E-state index in [4.69, 9.17) is 4.74 Å². The van der Waals surface area contributed by atoms with Crippen LogP contribution in [-0.4, -0.2) is 38.9 Å². The van der Waals surface area contributed by atoms with Crippen LogP contribution in [0.3, 0.4) is 0 Å². The van der Waals surface area contributed by atoms with Crippen LogP contribution in [-0.2, 0) is 25.4 Å². The second-order valence-corrected chi connectivity index (χ2v) is 6.66. The van der Waals surface area contributed by atoms with Crippen LogP contribution in [0, 0.1) is 6.92 Å². The zero-order chi connectivity index (χ0) is 19.6. The van der Waals surface area contributed by atoms with Gasteiger partial charge >= 0.3 is 5.69 Å². The molecule has 0 saturated carbocycles. The van der Waals surface area contributed by atoms with Gasteiger partial charge in [-0.15, -0.1) is 0 Å². The Morgan fingerprint density at radius 2 is 1.81 bits per heavy atom. The summed E-state index contributed by atoms with van der Waals surface area (Å²) in [5, 5.41) is 3.19. The molecule has 0 aliphatic carbocycles. The summed E-state index contributed by atoms with van der Waals surface area (Å²) in [5.74, 6) is 0.557. The van der Waals surface area contributed by atoms with E-state index in [-0.39, 0.29) is 17.8 Å². The van der Waals surface area contributed by atoms with Crippen molar-refractivity contribution in [3.05, 3.63) is 56.2 Å². The largest absolute Gasteiger partial charge is 0.385 e. The van der Waals surface area contributed by atoms with Gasteiger partial charge in [-0.2, -0.15) is 4.98 Å². The summed E-state index contributed by atoms with van der Waals surface area (Å²) in [6.45, 7) is 3.52. The molecular formula is C19H25N5O3. The van der Waals surface area contributed by atoms with Crippen LogP contribution in [0.15, 0.2) is 33.9 Å². The van der Waals surface area contributed by atoms with Crippen molar-refractivity contribution in [1.82, 2.24) is 18.7 Å². The lowest BCUT2D eigenvalue weighted by Crippen LogP contribution is -2.39. The molecule has 2 aromatic heterocycles. The minimum atomic E-state index is -0.378. The van der Waals surface area contributed by atoms with E-state index >= 15 is 0 Å². The molecule has 0 radical (unpaired) electrons. The molecule has 27 heavy (non-hydrogen) atoms. The summed E-state index contributed by atoms with van der Waals surface area (Å²) in [4.78, 5) is 30.2. The Morgan fingerprint density at radius 3 is 2.48 bits per heavy atom. The second kappa shape index (κ2) is 7.79. The molecule has 0 fully saturated rings. The summed E-state index contributed by atoms with van der Waals surface area (Å²) < 4.78 is 9.42.